The number of rotatable bonds is 3. The number of morpholine rings is 1. The fraction of sp³-hybridized carbons (Fsp3) is 0.538. The smallest absolute Gasteiger partial charge is 0.339 e. The van der Waals surface area contributed by atoms with Gasteiger partial charge in [-0.25, -0.2) is 4.79 Å². The van der Waals surface area contributed by atoms with Crippen LogP contribution in [0.5, 0.6) is 0 Å². The summed E-state index contributed by atoms with van der Waals surface area (Å²) in [5, 5.41) is 3.25. The molecule has 0 aromatic carbocycles. The van der Waals surface area contributed by atoms with Gasteiger partial charge in [-0.05, 0) is 26.0 Å². The first kappa shape index (κ1) is 13.0. The molecule has 2 heterocycles. The Morgan fingerprint density at radius 3 is 3.06 bits per heavy atom. The fourth-order valence-corrected chi connectivity index (χ4v) is 1.94. The Labute approximate surface area is 107 Å². The van der Waals surface area contributed by atoms with Crippen LogP contribution < -0.4 is 5.32 Å². The number of esters is 1. The zero-order valence-electron chi connectivity index (χ0n) is 10.7. The van der Waals surface area contributed by atoms with E-state index in [-0.39, 0.29) is 12.1 Å². The summed E-state index contributed by atoms with van der Waals surface area (Å²) in [4.78, 5) is 16.1. The first-order valence-corrected chi connectivity index (χ1v) is 6.19. The second-order valence-electron chi connectivity index (χ2n) is 4.15. The third kappa shape index (κ3) is 2.86. The summed E-state index contributed by atoms with van der Waals surface area (Å²) in [5.74, 6) is -0.322. The minimum absolute atomic E-state index is 0.0336. The number of carbonyl (C=O) groups is 1. The van der Waals surface area contributed by atoms with Crippen molar-refractivity contribution in [1.82, 2.24) is 10.3 Å². The van der Waals surface area contributed by atoms with Gasteiger partial charge in [0.05, 0.1) is 30.2 Å². The van der Waals surface area contributed by atoms with E-state index in [4.69, 9.17) is 9.47 Å². The van der Waals surface area contributed by atoms with Crippen LogP contribution >= 0.6 is 0 Å². The standard InChI is InChI=1S/C13H18N2O3/c1-3-17-13(16)10-4-5-11(15-9(10)2)12-8-14-6-7-18-12/h4-5,12,14H,3,6-8H2,1-2H3. The quantitative estimate of drug-likeness (QED) is 0.817. The van der Waals surface area contributed by atoms with E-state index in [9.17, 15) is 4.79 Å². The van der Waals surface area contributed by atoms with E-state index in [0.29, 0.717) is 24.5 Å². The maximum atomic E-state index is 11.6. The van der Waals surface area contributed by atoms with Crippen LogP contribution in [0.25, 0.3) is 0 Å². The number of aromatic nitrogens is 1. The number of pyridine rings is 1. The van der Waals surface area contributed by atoms with E-state index in [1.54, 1.807) is 13.0 Å². The lowest BCUT2D eigenvalue weighted by Crippen LogP contribution is -2.33. The molecule has 0 saturated carbocycles. The number of nitrogens with zero attached hydrogens (tertiary/aromatic N) is 1. The number of carbonyl (C=O) groups excluding carboxylic acids is 1. The highest BCUT2D eigenvalue weighted by Crippen LogP contribution is 2.18. The predicted molar refractivity (Wildman–Crippen MR) is 66.5 cm³/mol. The van der Waals surface area contributed by atoms with Crippen molar-refractivity contribution < 1.29 is 14.3 Å². The molecule has 2 rings (SSSR count). The molecular formula is C13H18N2O3. The van der Waals surface area contributed by atoms with Crippen molar-refractivity contribution in [2.75, 3.05) is 26.3 Å². The topological polar surface area (TPSA) is 60.5 Å². The summed E-state index contributed by atoms with van der Waals surface area (Å²) in [5.41, 5.74) is 2.05. The summed E-state index contributed by atoms with van der Waals surface area (Å²) < 4.78 is 10.6. The van der Waals surface area contributed by atoms with Crippen LogP contribution in [0.4, 0.5) is 0 Å². The second kappa shape index (κ2) is 5.93. The van der Waals surface area contributed by atoms with Gasteiger partial charge in [0.2, 0.25) is 0 Å². The summed E-state index contributed by atoms with van der Waals surface area (Å²) in [6, 6.07) is 3.59. The molecule has 0 amide bonds. The number of hydrogen-bond acceptors (Lipinski definition) is 5. The molecule has 0 aliphatic carbocycles. The molecule has 1 N–H and O–H groups in total. The van der Waals surface area contributed by atoms with Crippen molar-refractivity contribution in [2.24, 2.45) is 0 Å². The van der Waals surface area contributed by atoms with Crippen LogP contribution in [0, 0.1) is 6.92 Å². The van der Waals surface area contributed by atoms with Gasteiger partial charge in [0.25, 0.3) is 0 Å². The Hall–Kier alpha value is -1.46. The van der Waals surface area contributed by atoms with Gasteiger partial charge in [-0.2, -0.15) is 0 Å². The number of nitrogens with one attached hydrogen (secondary N) is 1. The summed E-state index contributed by atoms with van der Waals surface area (Å²) in [6.45, 7) is 6.28. The maximum absolute atomic E-state index is 11.6. The highest BCUT2D eigenvalue weighted by molar-refractivity contribution is 5.90. The molecule has 1 fully saturated rings. The van der Waals surface area contributed by atoms with Crippen molar-refractivity contribution in [1.29, 1.82) is 0 Å². The molecule has 5 nitrogen and oxygen atoms in total. The molecule has 0 bridgehead atoms. The average molecular weight is 250 g/mol. The number of hydrogen-bond donors (Lipinski definition) is 1. The van der Waals surface area contributed by atoms with E-state index in [0.717, 1.165) is 18.8 Å². The van der Waals surface area contributed by atoms with Crippen molar-refractivity contribution >= 4 is 5.97 Å². The third-order valence-electron chi connectivity index (χ3n) is 2.86. The molecule has 1 atom stereocenters. The molecule has 1 saturated heterocycles. The van der Waals surface area contributed by atoms with E-state index in [1.165, 1.54) is 0 Å². The van der Waals surface area contributed by atoms with Gasteiger partial charge in [0, 0.05) is 13.1 Å². The predicted octanol–water partition coefficient (Wildman–Crippen LogP) is 1.23. The molecule has 18 heavy (non-hydrogen) atoms. The molecule has 1 aliphatic heterocycles. The molecule has 1 unspecified atom stereocenters. The van der Waals surface area contributed by atoms with E-state index in [1.807, 2.05) is 13.0 Å². The molecule has 5 heteroatoms. The lowest BCUT2D eigenvalue weighted by atomic mass is 10.1. The summed E-state index contributed by atoms with van der Waals surface area (Å²) in [7, 11) is 0. The van der Waals surface area contributed by atoms with Gasteiger partial charge in [0.15, 0.2) is 0 Å². The fourth-order valence-electron chi connectivity index (χ4n) is 1.94. The van der Waals surface area contributed by atoms with Gasteiger partial charge in [-0.15, -0.1) is 0 Å². The highest BCUT2D eigenvalue weighted by atomic mass is 16.5. The zero-order valence-corrected chi connectivity index (χ0v) is 10.7. The molecule has 1 aliphatic rings. The number of ether oxygens (including phenoxy) is 2. The van der Waals surface area contributed by atoms with Crippen molar-refractivity contribution in [3.63, 3.8) is 0 Å². The normalized spacial score (nSPS) is 19.6. The Morgan fingerprint density at radius 2 is 2.44 bits per heavy atom. The molecule has 1 aromatic rings. The van der Waals surface area contributed by atoms with E-state index in [2.05, 4.69) is 10.3 Å². The minimum Gasteiger partial charge on any atom is -0.462 e. The second-order valence-corrected chi connectivity index (χ2v) is 4.15. The first-order chi connectivity index (χ1) is 8.72. The SMILES string of the molecule is CCOC(=O)c1ccc(C2CNCCO2)nc1C. The highest BCUT2D eigenvalue weighted by Gasteiger charge is 2.19. The van der Waals surface area contributed by atoms with Gasteiger partial charge < -0.3 is 14.8 Å². The van der Waals surface area contributed by atoms with Crippen LogP contribution in [0.1, 0.15) is 34.8 Å². The van der Waals surface area contributed by atoms with Crippen LogP contribution in [0.2, 0.25) is 0 Å². The van der Waals surface area contributed by atoms with E-state index < -0.39 is 0 Å². The number of aryl methyl sites for hydroxylation is 1. The van der Waals surface area contributed by atoms with Crippen LogP contribution in [0.3, 0.4) is 0 Å². The summed E-state index contributed by atoms with van der Waals surface area (Å²) >= 11 is 0. The zero-order chi connectivity index (χ0) is 13.0. The first-order valence-electron chi connectivity index (χ1n) is 6.19. The Kier molecular flexibility index (Phi) is 4.28. The Balaban J connectivity index is 2.16. The largest absolute Gasteiger partial charge is 0.462 e. The van der Waals surface area contributed by atoms with Crippen molar-refractivity contribution in [2.45, 2.75) is 20.0 Å². The lowest BCUT2D eigenvalue weighted by Gasteiger charge is -2.23. The van der Waals surface area contributed by atoms with Gasteiger partial charge in [0.1, 0.15) is 6.10 Å². The summed E-state index contributed by atoms with van der Waals surface area (Å²) in [6.07, 6.45) is -0.0336. The van der Waals surface area contributed by atoms with Crippen LogP contribution in [-0.2, 0) is 9.47 Å². The van der Waals surface area contributed by atoms with Gasteiger partial charge in [-0.3, -0.25) is 4.98 Å². The molecule has 0 radical (unpaired) electrons. The van der Waals surface area contributed by atoms with Crippen molar-refractivity contribution in [3.8, 4) is 0 Å². The van der Waals surface area contributed by atoms with Gasteiger partial charge in [-0.1, -0.05) is 0 Å². The van der Waals surface area contributed by atoms with Crippen molar-refractivity contribution in [3.05, 3.63) is 29.1 Å². The average Bonchev–Trinajstić information content (AvgIpc) is 2.40. The monoisotopic (exact) mass is 250 g/mol. The lowest BCUT2D eigenvalue weighted by molar-refractivity contribution is 0.0248. The third-order valence-corrected chi connectivity index (χ3v) is 2.86. The van der Waals surface area contributed by atoms with Crippen LogP contribution in [0.15, 0.2) is 12.1 Å². The van der Waals surface area contributed by atoms with Gasteiger partial charge >= 0.3 is 5.97 Å². The Morgan fingerprint density at radius 1 is 1.61 bits per heavy atom. The molecule has 0 spiro atoms. The molecular weight excluding hydrogens is 232 g/mol. The molecule has 1 aromatic heterocycles. The Bertz CT molecular complexity index is 428. The van der Waals surface area contributed by atoms with Crippen LogP contribution in [-0.4, -0.2) is 37.3 Å². The maximum Gasteiger partial charge on any atom is 0.339 e. The minimum atomic E-state index is -0.322. The van der Waals surface area contributed by atoms with E-state index >= 15 is 0 Å². The molecule has 98 valence electrons.